The van der Waals surface area contributed by atoms with Gasteiger partial charge in [0.15, 0.2) is 0 Å². The molecule has 1 saturated heterocycles. The van der Waals surface area contributed by atoms with E-state index in [-0.39, 0.29) is 0 Å². The van der Waals surface area contributed by atoms with Crippen molar-refractivity contribution in [2.24, 2.45) is 5.92 Å². The van der Waals surface area contributed by atoms with Crippen molar-refractivity contribution in [2.75, 3.05) is 13.1 Å². The lowest BCUT2D eigenvalue weighted by atomic mass is 10.0. The van der Waals surface area contributed by atoms with E-state index >= 15 is 0 Å². The Morgan fingerprint density at radius 2 is 2.00 bits per heavy atom. The van der Waals surface area contributed by atoms with Gasteiger partial charge in [0.2, 0.25) is 5.91 Å². The van der Waals surface area contributed by atoms with Crippen LogP contribution in [-0.2, 0) is 4.79 Å². The van der Waals surface area contributed by atoms with Gasteiger partial charge in [-0.15, -0.1) is 0 Å². The molecule has 0 unspecified atom stereocenters. The topological polar surface area (TPSA) is 32.3 Å². The van der Waals surface area contributed by atoms with E-state index in [0.29, 0.717) is 11.8 Å². The van der Waals surface area contributed by atoms with Crippen LogP contribution in [0, 0.1) is 5.92 Å². The molecule has 2 rings (SSSR count). The molecule has 2 fully saturated rings. The molecule has 0 bridgehead atoms. The van der Waals surface area contributed by atoms with Gasteiger partial charge >= 0.3 is 0 Å². The minimum absolute atomic E-state index is 0.316. The SMILES string of the molecule is O=C(CC1CCCC1)N1CCCCN1. The minimum Gasteiger partial charge on any atom is -0.278 e. The van der Waals surface area contributed by atoms with Crippen molar-refractivity contribution < 1.29 is 4.79 Å². The molecule has 0 atom stereocenters. The molecule has 1 aliphatic heterocycles. The van der Waals surface area contributed by atoms with Gasteiger partial charge in [0, 0.05) is 19.5 Å². The fourth-order valence-corrected chi connectivity index (χ4v) is 2.47. The van der Waals surface area contributed by atoms with E-state index in [0.717, 1.165) is 25.9 Å². The maximum absolute atomic E-state index is 11.8. The number of carbonyl (C=O) groups excluding carboxylic acids is 1. The number of hydrazine groups is 1. The zero-order valence-corrected chi connectivity index (χ0v) is 8.80. The van der Waals surface area contributed by atoms with Crippen LogP contribution >= 0.6 is 0 Å². The highest BCUT2D eigenvalue weighted by molar-refractivity contribution is 5.76. The minimum atomic E-state index is 0.316. The number of carbonyl (C=O) groups is 1. The van der Waals surface area contributed by atoms with Gasteiger partial charge in [0.05, 0.1) is 0 Å². The first-order chi connectivity index (χ1) is 6.86. The van der Waals surface area contributed by atoms with Crippen molar-refractivity contribution in [1.29, 1.82) is 0 Å². The molecular weight excluding hydrogens is 176 g/mol. The lowest BCUT2D eigenvalue weighted by Gasteiger charge is -2.28. The van der Waals surface area contributed by atoms with E-state index in [1.54, 1.807) is 0 Å². The van der Waals surface area contributed by atoms with Crippen LogP contribution in [-0.4, -0.2) is 24.0 Å². The van der Waals surface area contributed by atoms with Crippen molar-refractivity contribution in [3.05, 3.63) is 0 Å². The lowest BCUT2D eigenvalue weighted by molar-refractivity contribution is -0.136. The molecule has 0 spiro atoms. The second kappa shape index (κ2) is 4.78. The van der Waals surface area contributed by atoms with Crippen LogP contribution in [0.3, 0.4) is 0 Å². The van der Waals surface area contributed by atoms with Crippen LogP contribution in [0.15, 0.2) is 0 Å². The molecule has 2 aliphatic rings. The lowest BCUT2D eigenvalue weighted by Crippen LogP contribution is -2.47. The normalized spacial score (nSPS) is 24.1. The van der Waals surface area contributed by atoms with E-state index in [2.05, 4.69) is 5.43 Å². The summed E-state index contributed by atoms with van der Waals surface area (Å²) in [6.45, 7) is 1.88. The second-order valence-electron chi connectivity index (χ2n) is 4.52. The molecule has 0 aromatic carbocycles. The van der Waals surface area contributed by atoms with Gasteiger partial charge in [-0.05, 0) is 31.6 Å². The Hall–Kier alpha value is -0.570. The smallest absolute Gasteiger partial charge is 0.236 e. The molecule has 1 heterocycles. The van der Waals surface area contributed by atoms with E-state index in [4.69, 9.17) is 0 Å². The average molecular weight is 196 g/mol. The Kier molecular flexibility index (Phi) is 3.40. The van der Waals surface area contributed by atoms with Crippen molar-refractivity contribution in [2.45, 2.75) is 44.9 Å². The van der Waals surface area contributed by atoms with Gasteiger partial charge in [-0.1, -0.05) is 12.8 Å². The molecule has 3 nitrogen and oxygen atoms in total. The molecule has 1 saturated carbocycles. The highest BCUT2D eigenvalue weighted by Gasteiger charge is 2.22. The van der Waals surface area contributed by atoms with Gasteiger partial charge in [-0.25, -0.2) is 5.43 Å². The Balaban J connectivity index is 1.75. The van der Waals surface area contributed by atoms with Gasteiger partial charge in [-0.2, -0.15) is 0 Å². The molecule has 1 aliphatic carbocycles. The molecule has 1 amide bonds. The number of amides is 1. The van der Waals surface area contributed by atoms with Crippen molar-refractivity contribution in [3.63, 3.8) is 0 Å². The van der Waals surface area contributed by atoms with Crippen LogP contribution < -0.4 is 5.43 Å². The molecule has 0 aromatic rings. The molecule has 3 heteroatoms. The van der Waals surface area contributed by atoms with E-state index in [9.17, 15) is 4.79 Å². The second-order valence-corrected chi connectivity index (χ2v) is 4.52. The standard InChI is InChI=1S/C11H20N2O/c14-11(9-10-5-1-2-6-10)13-8-4-3-7-12-13/h10,12H,1-9H2. The van der Waals surface area contributed by atoms with E-state index in [1.807, 2.05) is 5.01 Å². The third kappa shape index (κ3) is 2.47. The Morgan fingerprint density at radius 3 is 2.64 bits per heavy atom. The summed E-state index contributed by atoms with van der Waals surface area (Å²) in [5.41, 5.74) is 3.18. The predicted molar refractivity (Wildman–Crippen MR) is 55.5 cm³/mol. The van der Waals surface area contributed by atoms with Gasteiger partial charge < -0.3 is 0 Å². The number of nitrogens with one attached hydrogen (secondary N) is 1. The highest BCUT2D eigenvalue weighted by Crippen LogP contribution is 2.27. The average Bonchev–Trinajstić information content (AvgIpc) is 2.72. The summed E-state index contributed by atoms with van der Waals surface area (Å²) in [6.07, 6.45) is 8.31. The van der Waals surface area contributed by atoms with Crippen molar-refractivity contribution in [3.8, 4) is 0 Å². The van der Waals surface area contributed by atoms with Crippen molar-refractivity contribution in [1.82, 2.24) is 10.4 Å². The van der Waals surface area contributed by atoms with E-state index in [1.165, 1.54) is 32.1 Å². The van der Waals surface area contributed by atoms with Crippen LogP contribution in [0.2, 0.25) is 0 Å². The highest BCUT2D eigenvalue weighted by atomic mass is 16.2. The van der Waals surface area contributed by atoms with Crippen LogP contribution in [0.1, 0.15) is 44.9 Å². The largest absolute Gasteiger partial charge is 0.278 e. The fourth-order valence-electron chi connectivity index (χ4n) is 2.47. The number of rotatable bonds is 2. The summed E-state index contributed by atoms with van der Waals surface area (Å²) in [4.78, 5) is 11.8. The number of nitrogens with zero attached hydrogens (tertiary/aromatic N) is 1. The quantitative estimate of drug-likeness (QED) is 0.729. The van der Waals surface area contributed by atoms with Crippen LogP contribution in [0.4, 0.5) is 0 Å². The predicted octanol–water partition coefficient (Wildman–Crippen LogP) is 1.69. The zero-order valence-electron chi connectivity index (χ0n) is 8.80. The molecule has 80 valence electrons. The molecule has 14 heavy (non-hydrogen) atoms. The third-order valence-electron chi connectivity index (χ3n) is 3.35. The Morgan fingerprint density at radius 1 is 1.21 bits per heavy atom. The maximum atomic E-state index is 11.8. The van der Waals surface area contributed by atoms with Crippen LogP contribution in [0.25, 0.3) is 0 Å². The fraction of sp³-hybridized carbons (Fsp3) is 0.909. The van der Waals surface area contributed by atoms with Gasteiger partial charge in [0.25, 0.3) is 0 Å². The molecular formula is C11H20N2O. The summed E-state index contributed by atoms with van der Waals surface area (Å²) in [5.74, 6) is 0.989. The number of hydrogen-bond donors (Lipinski definition) is 1. The molecule has 1 N–H and O–H groups in total. The Bertz CT molecular complexity index is 193. The maximum Gasteiger partial charge on any atom is 0.236 e. The summed E-state index contributed by atoms with van der Waals surface area (Å²) in [6, 6.07) is 0. The van der Waals surface area contributed by atoms with Crippen molar-refractivity contribution >= 4 is 5.91 Å². The zero-order chi connectivity index (χ0) is 9.80. The summed E-state index contributed by atoms with van der Waals surface area (Å²) in [7, 11) is 0. The van der Waals surface area contributed by atoms with E-state index < -0.39 is 0 Å². The summed E-state index contributed by atoms with van der Waals surface area (Å²) < 4.78 is 0. The monoisotopic (exact) mass is 196 g/mol. The van der Waals surface area contributed by atoms with Gasteiger partial charge in [-0.3, -0.25) is 9.80 Å². The number of hydrogen-bond acceptors (Lipinski definition) is 2. The molecule has 0 radical (unpaired) electrons. The summed E-state index contributed by atoms with van der Waals surface area (Å²) >= 11 is 0. The first-order valence-corrected chi connectivity index (χ1v) is 5.90. The summed E-state index contributed by atoms with van der Waals surface area (Å²) in [5, 5.41) is 1.84. The molecule has 0 aromatic heterocycles. The van der Waals surface area contributed by atoms with Gasteiger partial charge in [0.1, 0.15) is 0 Å². The Labute approximate surface area is 85.8 Å². The first kappa shape index (κ1) is 9.97. The van der Waals surface area contributed by atoms with Crippen LogP contribution in [0.5, 0.6) is 0 Å². The third-order valence-corrected chi connectivity index (χ3v) is 3.35. The first-order valence-electron chi connectivity index (χ1n) is 5.90.